The van der Waals surface area contributed by atoms with E-state index in [0.717, 1.165) is 24.8 Å². The van der Waals surface area contributed by atoms with Crippen LogP contribution in [0.1, 0.15) is 51.0 Å². The fourth-order valence-corrected chi connectivity index (χ4v) is 3.83. The predicted molar refractivity (Wildman–Crippen MR) is 100 cm³/mol. The highest BCUT2D eigenvalue weighted by Crippen LogP contribution is 2.38. The van der Waals surface area contributed by atoms with Gasteiger partial charge in [0.05, 0.1) is 14.2 Å². The molecule has 1 aliphatic rings. The zero-order valence-corrected chi connectivity index (χ0v) is 15.8. The van der Waals surface area contributed by atoms with Gasteiger partial charge in [-0.15, -0.1) is 0 Å². The van der Waals surface area contributed by atoms with Crippen LogP contribution < -0.4 is 20.5 Å². The maximum absolute atomic E-state index is 12.5. The van der Waals surface area contributed by atoms with E-state index in [9.17, 15) is 4.79 Å². The molecule has 140 valence electrons. The van der Waals surface area contributed by atoms with Crippen molar-refractivity contribution in [2.24, 2.45) is 11.1 Å². The molecule has 0 spiro atoms. The summed E-state index contributed by atoms with van der Waals surface area (Å²) in [6, 6.07) is 5.93. The summed E-state index contributed by atoms with van der Waals surface area (Å²) in [4.78, 5) is 12.5. The average Bonchev–Trinajstić information content (AvgIpc) is 2.62. The lowest BCUT2D eigenvalue weighted by Crippen LogP contribution is -2.41. The second-order valence-electron chi connectivity index (χ2n) is 7.30. The minimum absolute atomic E-state index is 0.00534. The van der Waals surface area contributed by atoms with Gasteiger partial charge in [-0.3, -0.25) is 4.79 Å². The summed E-state index contributed by atoms with van der Waals surface area (Å²) < 4.78 is 10.6. The minimum Gasteiger partial charge on any atom is -0.493 e. The molecule has 0 radical (unpaired) electrons. The van der Waals surface area contributed by atoms with Crippen molar-refractivity contribution in [2.45, 2.75) is 57.9 Å². The van der Waals surface area contributed by atoms with Crippen molar-refractivity contribution in [2.75, 3.05) is 20.8 Å². The Balaban J connectivity index is 1.90. The fourth-order valence-electron chi connectivity index (χ4n) is 3.83. The molecular formula is C20H32N2O3. The Morgan fingerprint density at radius 2 is 1.88 bits per heavy atom. The van der Waals surface area contributed by atoms with E-state index in [2.05, 4.69) is 5.32 Å². The number of nitrogens with one attached hydrogen (secondary N) is 1. The number of carbonyl (C=O) groups is 1. The van der Waals surface area contributed by atoms with Crippen molar-refractivity contribution in [1.29, 1.82) is 0 Å². The normalized spacial score (nSPS) is 17.6. The van der Waals surface area contributed by atoms with Crippen molar-refractivity contribution in [3.05, 3.63) is 23.8 Å². The van der Waals surface area contributed by atoms with Crippen LogP contribution >= 0.6 is 0 Å². The van der Waals surface area contributed by atoms with Crippen LogP contribution in [-0.2, 0) is 11.2 Å². The molecule has 0 heterocycles. The topological polar surface area (TPSA) is 73.6 Å². The quantitative estimate of drug-likeness (QED) is 0.757. The maximum atomic E-state index is 12.5. The van der Waals surface area contributed by atoms with Crippen molar-refractivity contribution < 1.29 is 14.3 Å². The van der Waals surface area contributed by atoms with Crippen LogP contribution in [0.5, 0.6) is 11.5 Å². The molecule has 2 rings (SSSR count). The largest absolute Gasteiger partial charge is 0.493 e. The number of methoxy groups -OCH3 is 2. The van der Waals surface area contributed by atoms with Gasteiger partial charge in [0.25, 0.3) is 0 Å². The Kier molecular flexibility index (Phi) is 7.12. The van der Waals surface area contributed by atoms with Gasteiger partial charge < -0.3 is 20.5 Å². The molecule has 1 amide bonds. The first-order valence-corrected chi connectivity index (χ1v) is 9.22. The third-order valence-electron chi connectivity index (χ3n) is 5.28. The lowest BCUT2D eigenvalue weighted by atomic mass is 9.71. The summed E-state index contributed by atoms with van der Waals surface area (Å²) in [5.41, 5.74) is 7.11. The van der Waals surface area contributed by atoms with Crippen molar-refractivity contribution in [3.63, 3.8) is 0 Å². The van der Waals surface area contributed by atoms with E-state index in [1.54, 1.807) is 14.2 Å². The molecule has 0 bridgehead atoms. The first-order valence-electron chi connectivity index (χ1n) is 9.22. The van der Waals surface area contributed by atoms with Gasteiger partial charge >= 0.3 is 0 Å². The van der Waals surface area contributed by atoms with Crippen molar-refractivity contribution in [3.8, 4) is 11.5 Å². The number of hydrogen-bond donors (Lipinski definition) is 2. The van der Waals surface area contributed by atoms with E-state index in [-0.39, 0.29) is 17.4 Å². The SMILES string of the molecule is COc1ccc(CC(C)NC(=O)CC2(CN)CCCCC2)cc1OC. The zero-order valence-electron chi connectivity index (χ0n) is 15.8. The number of hydrogen-bond acceptors (Lipinski definition) is 4. The lowest BCUT2D eigenvalue weighted by Gasteiger charge is -2.36. The molecule has 25 heavy (non-hydrogen) atoms. The predicted octanol–water partition coefficient (Wildman–Crippen LogP) is 3.05. The number of benzene rings is 1. The van der Waals surface area contributed by atoms with Gasteiger partial charge in [-0.2, -0.15) is 0 Å². The molecule has 1 unspecified atom stereocenters. The molecule has 0 saturated heterocycles. The van der Waals surface area contributed by atoms with E-state index in [1.807, 2.05) is 25.1 Å². The van der Waals surface area contributed by atoms with Crippen molar-refractivity contribution >= 4 is 5.91 Å². The Bertz CT molecular complexity index is 568. The molecule has 1 aromatic carbocycles. The summed E-state index contributed by atoms with van der Waals surface area (Å²) in [5.74, 6) is 1.54. The van der Waals surface area contributed by atoms with Gasteiger partial charge in [-0.05, 0) is 55.8 Å². The molecule has 0 aliphatic heterocycles. The van der Waals surface area contributed by atoms with Crippen LogP contribution in [0.25, 0.3) is 0 Å². The molecule has 5 heteroatoms. The summed E-state index contributed by atoms with van der Waals surface area (Å²) in [6.45, 7) is 2.63. The minimum atomic E-state index is 0.00534. The van der Waals surface area contributed by atoms with Gasteiger partial charge in [0, 0.05) is 12.5 Å². The summed E-state index contributed by atoms with van der Waals surface area (Å²) in [6.07, 6.45) is 7.07. The van der Waals surface area contributed by atoms with E-state index >= 15 is 0 Å². The van der Waals surface area contributed by atoms with E-state index < -0.39 is 0 Å². The number of ether oxygens (including phenoxy) is 2. The molecular weight excluding hydrogens is 316 g/mol. The van der Waals surface area contributed by atoms with E-state index in [1.165, 1.54) is 19.3 Å². The van der Waals surface area contributed by atoms with Gasteiger partial charge in [-0.25, -0.2) is 0 Å². The molecule has 1 atom stereocenters. The van der Waals surface area contributed by atoms with E-state index in [0.29, 0.717) is 24.5 Å². The summed E-state index contributed by atoms with van der Waals surface area (Å²) in [5, 5.41) is 3.13. The average molecular weight is 348 g/mol. The molecule has 5 nitrogen and oxygen atoms in total. The second kappa shape index (κ2) is 9.09. The molecule has 3 N–H and O–H groups in total. The van der Waals surface area contributed by atoms with Gasteiger partial charge in [0.1, 0.15) is 0 Å². The molecule has 1 fully saturated rings. The third-order valence-corrected chi connectivity index (χ3v) is 5.28. The summed E-state index contributed by atoms with van der Waals surface area (Å²) >= 11 is 0. The van der Waals surface area contributed by atoms with Crippen LogP contribution in [0.2, 0.25) is 0 Å². The van der Waals surface area contributed by atoms with Gasteiger partial charge in [-0.1, -0.05) is 25.3 Å². The molecule has 1 aliphatic carbocycles. The number of rotatable bonds is 8. The first kappa shape index (κ1) is 19.6. The van der Waals surface area contributed by atoms with Gasteiger partial charge in [0.15, 0.2) is 11.5 Å². The van der Waals surface area contributed by atoms with Crippen LogP contribution in [0, 0.1) is 5.41 Å². The lowest BCUT2D eigenvalue weighted by molar-refractivity contribution is -0.124. The summed E-state index contributed by atoms with van der Waals surface area (Å²) in [7, 11) is 3.25. The van der Waals surface area contributed by atoms with Crippen LogP contribution in [0.15, 0.2) is 18.2 Å². The molecule has 0 aromatic heterocycles. The highest BCUT2D eigenvalue weighted by molar-refractivity contribution is 5.77. The highest BCUT2D eigenvalue weighted by atomic mass is 16.5. The Morgan fingerprint density at radius 3 is 2.48 bits per heavy atom. The number of amides is 1. The van der Waals surface area contributed by atoms with Crippen LogP contribution in [0.3, 0.4) is 0 Å². The number of nitrogens with two attached hydrogens (primary N) is 1. The standard InChI is InChI=1S/C20H32N2O3/c1-15(11-16-7-8-17(24-2)18(12-16)25-3)22-19(23)13-20(14-21)9-5-4-6-10-20/h7-8,12,15H,4-6,9-11,13-14,21H2,1-3H3,(H,22,23). The second-order valence-corrected chi connectivity index (χ2v) is 7.30. The smallest absolute Gasteiger partial charge is 0.220 e. The Labute approximate surface area is 151 Å². The third kappa shape index (κ3) is 5.36. The fraction of sp³-hybridized carbons (Fsp3) is 0.650. The van der Waals surface area contributed by atoms with Crippen LogP contribution in [0.4, 0.5) is 0 Å². The molecule has 1 aromatic rings. The monoisotopic (exact) mass is 348 g/mol. The van der Waals surface area contributed by atoms with E-state index in [4.69, 9.17) is 15.2 Å². The Morgan fingerprint density at radius 1 is 1.20 bits per heavy atom. The van der Waals surface area contributed by atoms with Crippen molar-refractivity contribution in [1.82, 2.24) is 5.32 Å². The zero-order chi connectivity index (χ0) is 18.3. The van der Waals surface area contributed by atoms with Gasteiger partial charge in [0.2, 0.25) is 5.91 Å². The maximum Gasteiger partial charge on any atom is 0.220 e. The molecule has 1 saturated carbocycles. The first-order chi connectivity index (χ1) is 12.0. The highest BCUT2D eigenvalue weighted by Gasteiger charge is 2.33. The number of carbonyl (C=O) groups excluding carboxylic acids is 1. The van der Waals surface area contributed by atoms with Crippen LogP contribution in [-0.4, -0.2) is 32.7 Å². The Hall–Kier alpha value is -1.75.